The van der Waals surface area contributed by atoms with Gasteiger partial charge in [0.15, 0.2) is 0 Å². The standard InChI is InChI=1S/C16H21NO4/c1-16(2,3)21-15(19)17-12(10-14(18)20-4)9-11-7-5-6-8-13(11)17/h5-8,12H,9-10H2,1-4H3/t12-/m1/s1. The highest BCUT2D eigenvalue weighted by atomic mass is 16.6. The number of rotatable bonds is 2. The molecule has 0 unspecified atom stereocenters. The van der Waals surface area contributed by atoms with Crippen LogP contribution >= 0.6 is 0 Å². The molecule has 1 heterocycles. The van der Waals surface area contributed by atoms with E-state index >= 15 is 0 Å². The molecule has 1 aromatic carbocycles. The van der Waals surface area contributed by atoms with Crippen LogP contribution in [0.3, 0.4) is 0 Å². The fourth-order valence-electron chi connectivity index (χ4n) is 2.46. The number of nitrogens with zero attached hydrogens (tertiary/aromatic N) is 1. The molecule has 1 aliphatic heterocycles. The van der Waals surface area contributed by atoms with Crippen LogP contribution in [0, 0.1) is 0 Å². The minimum Gasteiger partial charge on any atom is -0.469 e. The number of hydrogen-bond donors (Lipinski definition) is 0. The van der Waals surface area contributed by atoms with Gasteiger partial charge >= 0.3 is 12.1 Å². The third-order valence-electron chi connectivity index (χ3n) is 3.29. The van der Waals surface area contributed by atoms with Crippen molar-refractivity contribution in [3.05, 3.63) is 29.8 Å². The van der Waals surface area contributed by atoms with Crippen LogP contribution in [-0.2, 0) is 20.7 Å². The summed E-state index contributed by atoms with van der Waals surface area (Å²) in [6.45, 7) is 5.46. The summed E-state index contributed by atoms with van der Waals surface area (Å²) in [5.74, 6) is -0.332. The van der Waals surface area contributed by atoms with E-state index in [4.69, 9.17) is 9.47 Å². The fourth-order valence-corrected chi connectivity index (χ4v) is 2.46. The molecule has 1 atom stereocenters. The van der Waals surface area contributed by atoms with E-state index in [-0.39, 0.29) is 18.4 Å². The third-order valence-corrected chi connectivity index (χ3v) is 3.29. The van der Waals surface area contributed by atoms with E-state index in [1.165, 1.54) is 7.11 Å². The molecule has 0 spiro atoms. The van der Waals surface area contributed by atoms with Gasteiger partial charge in [-0.05, 0) is 38.8 Å². The van der Waals surface area contributed by atoms with Crippen molar-refractivity contribution >= 4 is 17.7 Å². The Balaban J connectivity index is 2.27. The Morgan fingerprint density at radius 3 is 2.57 bits per heavy atom. The second-order valence-electron chi connectivity index (χ2n) is 6.12. The highest BCUT2D eigenvalue weighted by Gasteiger charge is 2.37. The molecule has 0 aliphatic carbocycles. The Bertz CT molecular complexity index is 547. The van der Waals surface area contributed by atoms with Crippen LogP contribution in [0.2, 0.25) is 0 Å². The predicted molar refractivity (Wildman–Crippen MR) is 79.3 cm³/mol. The van der Waals surface area contributed by atoms with Crippen molar-refractivity contribution in [3.63, 3.8) is 0 Å². The van der Waals surface area contributed by atoms with Gasteiger partial charge in [-0.15, -0.1) is 0 Å². The molecule has 5 nitrogen and oxygen atoms in total. The Morgan fingerprint density at radius 2 is 1.95 bits per heavy atom. The van der Waals surface area contributed by atoms with Gasteiger partial charge in [-0.2, -0.15) is 0 Å². The summed E-state index contributed by atoms with van der Waals surface area (Å²) in [5, 5.41) is 0. The largest absolute Gasteiger partial charge is 0.469 e. The zero-order valence-corrected chi connectivity index (χ0v) is 12.9. The van der Waals surface area contributed by atoms with E-state index in [2.05, 4.69) is 0 Å². The van der Waals surface area contributed by atoms with Crippen molar-refractivity contribution < 1.29 is 19.1 Å². The molecule has 0 saturated heterocycles. The molecule has 0 fully saturated rings. The number of esters is 1. The van der Waals surface area contributed by atoms with Crippen LogP contribution < -0.4 is 4.90 Å². The normalized spacial score (nSPS) is 17.3. The lowest BCUT2D eigenvalue weighted by atomic mass is 10.1. The Kier molecular flexibility index (Phi) is 4.21. The van der Waals surface area contributed by atoms with Crippen LogP contribution in [0.25, 0.3) is 0 Å². The number of amides is 1. The van der Waals surface area contributed by atoms with E-state index in [1.54, 1.807) is 4.90 Å². The van der Waals surface area contributed by atoms with Crippen molar-refractivity contribution in [1.82, 2.24) is 0 Å². The monoisotopic (exact) mass is 291 g/mol. The lowest BCUT2D eigenvalue weighted by molar-refractivity contribution is -0.140. The van der Waals surface area contributed by atoms with Crippen molar-refractivity contribution in [2.75, 3.05) is 12.0 Å². The van der Waals surface area contributed by atoms with Gasteiger partial charge in [0.2, 0.25) is 0 Å². The minimum atomic E-state index is -0.579. The molecule has 5 heteroatoms. The van der Waals surface area contributed by atoms with Gasteiger partial charge in [-0.3, -0.25) is 9.69 Å². The molecular formula is C16H21NO4. The maximum absolute atomic E-state index is 12.5. The molecule has 1 aliphatic rings. The fraction of sp³-hybridized carbons (Fsp3) is 0.500. The van der Waals surface area contributed by atoms with E-state index < -0.39 is 11.7 Å². The van der Waals surface area contributed by atoms with Crippen molar-refractivity contribution in [1.29, 1.82) is 0 Å². The summed E-state index contributed by atoms with van der Waals surface area (Å²) in [5.41, 5.74) is 1.27. The minimum absolute atomic E-state index is 0.157. The molecule has 0 aromatic heterocycles. The van der Waals surface area contributed by atoms with E-state index in [0.717, 1.165) is 11.3 Å². The highest BCUT2D eigenvalue weighted by molar-refractivity contribution is 5.92. The number of carbonyl (C=O) groups excluding carboxylic acids is 2. The topological polar surface area (TPSA) is 55.8 Å². The molecule has 21 heavy (non-hydrogen) atoms. The number of carbonyl (C=O) groups is 2. The van der Waals surface area contributed by atoms with E-state index in [9.17, 15) is 9.59 Å². The average Bonchev–Trinajstić information content (AvgIpc) is 2.74. The maximum Gasteiger partial charge on any atom is 0.415 e. The average molecular weight is 291 g/mol. The Labute approximate surface area is 124 Å². The smallest absolute Gasteiger partial charge is 0.415 e. The summed E-state index contributed by atoms with van der Waals surface area (Å²) in [7, 11) is 1.35. The molecule has 1 aromatic rings. The molecular weight excluding hydrogens is 270 g/mol. The first-order valence-electron chi connectivity index (χ1n) is 6.99. The van der Waals surface area contributed by atoms with Gasteiger partial charge in [0, 0.05) is 0 Å². The number of hydrogen-bond acceptors (Lipinski definition) is 4. The van der Waals surface area contributed by atoms with Crippen molar-refractivity contribution in [2.24, 2.45) is 0 Å². The maximum atomic E-state index is 12.5. The van der Waals surface area contributed by atoms with Crippen LogP contribution in [0.5, 0.6) is 0 Å². The molecule has 114 valence electrons. The number of ether oxygens (including phenoxy) is 2. The summed E-state index contributed by atoms with van der Waals surface area (Å²) in [6, 6.07) is 7.37. The zero-order chi connectivity index (χ0) is 15.6. The second-order valence-corrected chi connectivity index (χ2v) is 6.12. The third kappa shape index (κ3) is 3.54. The summed E-state index contributed by atoms with van der Waals surface area (Å²) in [4.78, 5) is 25.6. The molecule has 0 radical (unpaired) electrons. The van der Waals surface area contributed by atoms with Gasteiger partial charge in [0.05, 0.1) is 25.3 Å². The molecule has 0 saturated carbocycles. The number of benzene rings is 1. The van der Waals surface area contributed by atoms with Gasteiger partial charge in [-0.25, -0.2) is 4.79 Å². The van der Waals surface area contributed by atoms with Crippen LogP contribution in [0.15, 0.2) is 24.3 Å². The lowest BCUT2D eigenvalue weighted by Gasteiger charge is -2.28. The van der Waals surface area contributed by atoms with Crippen LogP contribution in [0.4, 0.5) is 10.5 Å². The second kappa shape index (κ2) is 5.76. The quantitative estimate of drug-likeness (QED) is 0.786. The van der Waals surface area contributed by atoms with Crippen LogP contribution in [-0.4, -0.2) is 30.8 Å². The number of anilines is 1. The summed E-state index contributed by atoms with van der Waals surface area (Å²) >= 11 is 0. The van der Waals surface area contributed by atoms with Gasteiger partial charge in [-0.1, -0.05) is 18.2 Å². The number of fused-ring (bicyclic) bond motifs is 1. The Morgan fingerprint density at radius 1 is 1.29 bits per heavy atom. The van der Waals surface area contributed by atoms with Crippen molar-refractivity contribution in [3.8, 4) is 0 Å². The van der Waals surface area contributed by atoms with Gasteiger partial charge in [0.25, 0.3) is 0 Å². The van der Waals surface area contributed by atoms with Gasteiger partial charge < -0.3 is 9.47 Å². The summed E-state index contributed by atoms with van der Waals surface area (Å²) < 4.78 is 10.2. The SMILES string of the molecule is COC(=O)C[C@H]1Cc2ccccc2N1C(=O)OC(C)(C)C. The lowest BCUT2D eigenvalue weighted by Crippen LogP contribution is -2.42. The zero-order valence-electron chi connectivity index (χ0n) is 12.9. The van der Waals surface area contributed by atoms with E-state index in [1.807, 2.05) is 45.0 Å². The van der Waals surface area contributed by atoms with E-state index in [0.29, 0.717) is 6.42 Å². The Hall–Kier alpha value is -2.04. The predicted octanol–water partition coefficient (Wildman–Crippen LogP) is 2.92. The highest BCUT2D eigenvalue weighted by Crippen LogP contribution is 2.34. The molecule has 1 amide bonds. The van der Waals surface area contributed by atoms with Crippen LogP contribution in [0.1, 0.15) is 32.8 Å². The molecule has 0 N–H and O–H groups in total. The molecule has 0 bridgehead atoms. The van der Waals surface area contributed by atoms with Gasteiger partial charge in [0.1, 0.15) is 5.60 Å². The number of para-hydroxylation sites is 1. The first-order valence-corrected chi connectivity index (χ1v) is 6.99. The molecule has 2 rings (SSSR count). The number of methoxy groups -OCH3 is 1. The first kappa shape index (κ1) is 15.4. The summed E-state index contributed by atoms with van der Waals surface area (Å²) in [6.07, 6.45) is 0.357. The van der Waals surface area contributed by atoms with Crippen molar-refractivity contribution in [2.45, 2.75) is 45.3 Å². The first-order chi connectivity index (χ1) is 9.81.